The second kappa shape index (κ2) is 9.27. The molecule has 1 spiro atoms. The Balaban J connectivity index is 0.957. The van der Waals surface area contributed by atoms with Crippen LogP contribution in [0.1, 0.15) is 71.6 Å². The predicted octanol–water partition coefficient (Wildman–Crippen LogP) is 3.57. The highest BCUT2D eigenvalue weighted by molar-refractivity contribution is 6.05. The number of ether oxygens (including phenoxy) is 1. The monoisotopic (exact) mass is 551 g/mol. The highest BCUT2D eigenvalue weighted by Gasteiger charge is 2.47. The van der Waals surface area contributed by atoms with Gasteiger partial charge in [0.25, 0.3) is 5.91 Å². The number of aromatic nitrogens is 2. The van der Waals surface area contributed by atoms with Gasteiger partial charge in [0.15, 0.2) is 0 Å². The van der Waals surface area contributed by atoms with Crippen molar-refractivity contribution < 1.29 is 19.1 Å². The van der Waals surface area contributed by atoms with E-state index >= 15 is 0 Å². The molecule has 1 aliphatic carbocycles. The summed E-state index contributed by atoms with van der Waals surface area (Å²) >= 11 is 0. The topological polar surface area (TPSA) is 96.8 Å². The number of nitrogens with zero attached hydrogens (tertiary/aromatic N) is 4. The number of benzene rings is 2. The minimum Gasteiger partial charge on any atom is -0.492 e. The van der Waals surface area contributed by atoms with E-state index in [4.69, 9.17) is 4.74 Å². The molecule has 1 N–H and O–H groups in total. The molecule has 8 rings (SSSR count). The maximum absolute atomic E-state index is 13.2. The molecule has 0 bridgehead atoms. The zero-order valence-electron chi connectivity index (χ0n) is 23.0. The third-order valence-corrected chi connectivity index (χ3v) is 9.73. The Kier molecular flexibility index (Phi) is 5.61. The molecule has 2 aromatic carbocycles. The summed E-state index contributed by atoms with van der Waals surface area (Å²) in [7, 11) is 0. The number of carbonyl (C=O) groups excluding carboxylic acids is 3. The van der Waals surface area contributed by atoms with Gasteiger partial charge in [-0.1, -0.05) is 24.3 Å². The first kappa shape index (κ1) is 24.8. The number of likely N-dealkylation sites (tertiary alicyclic amines) is 1. The Labute approximate surface area is 238 Å². The van der Waals surface area contributed by atoms with E-state index in [9.17, 15) is 14.4 Å². The van der Waals surface area contributed by atoms with E-state index in [1.807, 2.05) is 12.3 Å². The van der Waals surface area contributed by atoms with E-state index < -0.39 is 6.04 Å². The lowest BCUT2D eigenvalue weighted by Gasteiger charge is -2.38. The first-order valence-corrected chi connectivity index (χ1v) is 14.8. The molecule has 2 saturated heterocycles. The van der Waals surface area contributed by atoms with Gasteiger partial charge in [0, 0.05) is 46.8 Å². The van der Waals surface area contributed by atoms with Gasteiger partial charge < -0.3 is 9.64 Å². The van der Waals surface area contributed by atoms with Crippen molar-refractivity contribution in [3.8, 4) is 16.9 Å². The maximum Gasteiger partial charge on any atom is 0.255 e. The van der Waals surface area contributed by atoms with Crippen molar-refractivity contribution in [3.63, 3.8) is 0 Å². The Morgan fingerprint density at radius 1 is 1.02 bits per heavy atom. The van der Waals surface area contributed by atoms with E-state index in [0.29, 0.717) is 31.2 Å². The first-order chi connectivity index (χ1) is 20.0. The zero-order chi connectivity index (χ0) is 27.7. The van der Waals surface area contributed by atoms with Crippen LogP contribution in [0.2, 0.25) is 0 Å². The summed E-state index contributed by atoms with van der Waals surface area (Å²) in [5.74, 6) is 0.0153. The van der Waals surface area contributed by atoms with Crippen LogP contribution in [0, 0.1) is 0 Å². The molecule has 5 aliphatic rings. The second-order valence-corrected chi connectivity index (χ2v) is 12.4. The molecular formula is C32H33N5O4. The minimum absolute atomic E-state index is 0.0504. The van der Waals surface area contributed by atoms with Crippen LogP contribution >= 0.6 is 0 Å². The fourth-order valence-corrected chi connectivity index (χ4v) is 7.17. The molecule has 3 amide bonds. The van der Waals surface area contributed by atoms with Gasteiger partial charge in [-0.05, 0) is 68.5 Å². The third-order valence-electron chi connectivity index (χ3n) is 9.73. The molecule has 210 valence electrons. The number of piperidine rings is 2. The van der Waals surface area contributed by atoms with Crippen LogP contribution in [-0.4, -0.2) is 63.0 Å². The Bertz CT molecular complexity index is 1580. The average Bonchev–Trinajstić information content (AvgIpc) is 3.45. The van der Waals surface area contributed by atoms with Crippen LogP contribution in [0.4, 0.5) is 0 Å². The molecule has 41 heavy (non-hydrogen) atoms. The number of amides is 3. The SMILES string of the molecule is O=C1CC[C@H](N2Cc3c(ccc4c3OCC43CCN(Cc4cccc(-c5cnn(C6CC6)c5)c4)CC3)C2=O)C(=O)N1. The van der Waals surface area contributed by atoms with Crippen molar-refractivity contribution in [2.75, 3.05) is 19.7 Å². The number of nitrogens with one attached hydrogen (secondary N) is 1. The van der Waals surface area contributed by atoms with Crippen molar-refractivity contribution in [1.29, 1.82) is 0 Å². The Morgan fingerprint density at radius 2 is 1.88 bits per heavy atom. The van der Waals surface area contributed by atoms with E-state index in [0.717, 1.165) is 43.8 Å². The third kappa shape index (κ3) is 4.17. The largest absolute Gasteiger partial charge is 0.492 e. The molecule has 0 unspecified atom stereocenters. The summed E-state index contributed by atoms with van der Waals surface area (Å²) in [5, 5.41) is 6.94. The van der Waals surface area contributed by atoms with Gasteiger partial charge in [-0.3, -0.25) is 29.3 Å². The van der Waals surface area contributed by atoms with Crippen LogP contribution in [0.15, 0.2) is 48.8 Å². The lowest BCUT2D eigenvalue weighted by atomic mass is 9.74. The van der Waals surface area contributed by atoms with E-state index in [1.165, 1.54) is 35.1 Å². The summed E-state index contributed by atoms with van der Waals surface area (Å²) < 4.78 is 8.45. The summed E-state index contributed by atoms with van der Waals surface area (Å²) in [6, 6.07) is 12.8. The maximum atomic E-state index is 13.2. The van der Waals surface area contributed by atoms with Gasteiger partial charge in [-0.15, -0.1) is 0 Å². The van der Waals surface area contributed by atoms with Crippen LogP contribution in [0.3, 0.4) is 0 Å². The van der Waals surface area contributed by atoms with Crippen molar-refractivity contribution in [2.45, 2.75) is 69.1 Å². The first-order valence-electron chi connectivity index (χ1n) is 14.8. The fourth-order valence-electron chi connectivity index (χ4n) is 7.17. The number of carbonyl (C=O) groups is 3. The van der Waals surface area contributed by atoms with Crippen LogP contribution in [0.25, 0.3) is 11.1 Å². The molecular weight excluding hydrogens is 518 g/mol. The molecule has 1 saturated carbocycles. The highest BCUT2D eigenvalue weighted by atomic mass is 16.5. The molecule has 4 aliphatic heterocycles. The van der Waals surface area contributed by atoms with Gasteiger partial charge in [-0.25, -0.2) is 0 Å². The molecule has 3 aromatic rings. The van der Waals surface area contributed by atoms with Crippen LogP contribution in [-0.2, 0) is 28.1 Å². The second-order valence-electron chi connectivity index (χ2n) is 12.4. The molecule has 3 fully saturated rings. The standard InChI is InChI=1S/C32H33N5O4/c38-28-9-8-27(30(39)34-28)36-18-25-24(31(36)40)6-7-26-29(25)41-19-32(26)10-12-35(13-11-32)16-20-2-1-3-21(14-20)22-15-33-37(17-22)23-4-5-23/h1-3,6-7,14-15,17,23,27H,4-5,8-13,16,18-19H2,(H,34,38,39)/t27-/m0/s1. The van der Waals surface area contributed by atoms with Gasteiger partial charge in [0.05, 0.1) is 25.4 Å². The quantitative estimate of drug-likeness (QED) is 0.487. The van der Waals surface area contributed by atoms with Gasteiger partial charge >= 0.3 is 0 Å². The van der Waals surface area contributed by atoms with Crippen LogP contribution in [0.5, 0.6) is 5.75 Å². The molecule has 0 radical (unpaired) electrons. The molecule has 1 aromatic heterocycles. The number of rotatable bonds is 5. The highest BCUT2D eigenvalue weighted by Crippen LogP contribution is 2.49. The number of hydrogen-bond donors (Lipinski definition) is 1. The van der Waals surface area contributed by atoms with Crippen LogP contribution < -0.4 is 10.1 Å². The number of hydrogen-bond acceptors (Lipinski definition) is 6. The lowest BCUT2D eigenvalue weighted by molar-refractivity contribution is -0.136. The molecule has 1 atom stereocenters. The summed E-state index contributed by atoms with van der Waals surface area (Å²) in [6.45, 7) is 3.84. The van der Waals surface area contributed by atoms with E-state index in [1.54, 1.807) is 4.90 Å². The van der Waals surface area contributed by atoms with Crippen molar-refractivity contribution >= 4 is 17.7 Å². The lowest BCUT2D eigenvalue weighted by Crippen LogP contribution is -2.52. The zero-order valence-corrected chi connectivity index (χ0v) is 23.0. The summed E-state index contributed by atoms with van der Waals surface area (Å²) in [6.07, 6.45) is 9.22. The van der Waals surface area contributed by atoms with Gasteiger partial charge in [0.1, 0.15) is 11.8 Å². The van der Waals surface area contributed by atoms with Crippen molar-refractivity contribution in [2.24, 2.45) is 0 Å². The summed E-state index contributed by atoms with van der Waals surface area (Å²) in [4.78, 5) is 41.5. The molecule has 9 nitrogen and oxygen atoms in total. The fraction of sp³-hybridized carbons (Fsp3) is 0.438. The smallest absolute Gasteiger partial charge is 0.255 e. The van der Waals surface area contributed by atoms with E-state index in [-0.39, 0.29) is 29.6 Å². The Morgan fingerprint density at radius 3 is 2.68 bits per heavy atom. The van der Waals surface area contributed by atoms with Gasteiger partial charge in [-0.2, -0.15) is 5.10 Å². The Hall–Kier alpha value is -3.98. The average molecular weight is 552 g/mol. The molecule has 5 heterocycles. The predicted molar refractivity (Wildman–Crippen MR) is 150 cm³/mol. The van der Waals surface area contributed by atoms with E-state index in [2.05, 4.69) is 56.5 Å². The molecule has 9 heteroatoms. The van der Waals surface area contributed by atoms with Crippen molar-refractivity contribution in [3.05, 3.63) is 71.0 Å². The minimum atomic E-state index is -0.616. The number of fused-ring (bicyclic) bond motifs is 4. The number of imide groups is 1. The van der Waals surface area contributed by atoms with Gasteiger partial charge in [0.2, 0.25) is 11.8 Å². The normalized spacial score (nSPS) is 23.5. The summed E-state index contributed by atoms with van der Waals surface area (Å²) in [5.41, 5.74) is 6.36. The van der Waals surface area contributed by atoms with Crippen molar-refractivity contribution in [1.82, 2.24) is 24.9 Å².